The normalized spacial score (nSPS) is 10.8. The first kappa shape index (κ1) is 22.1. The van der Waals surface area contributed by atoms with Crippen LogP contribution in [0.5, 0.6) is 34.5 Å². The Morgan fingerprint density at radius 3 is 1.73 bits per heavy atom. The van der Waals surface area contributed by atoms with Crippen molar-refractivity contribution in [3.63, 3.8) is 0 Å². The second-order valence-electron chi connectivity index (χ2n) is 8.05. The number of phenolic OH excluding ortho intramolecular Hbond substituents is 4. The Hall–Kier alpha value is -4.12. The number of ether oxygens (including phenoxy) is 1. The average Bonchev–Trinajstić information content (AvgIpc) is 2.80. The maximum absolute atomic E-state index is 10.5. The van der Waals surface area contributed by atoms with Crippen molar-refractivity contribution in [1.82, 2.24) is 0 Å². The predicted octanol–water partition coefficient (Wildman–Crippen LogP) is 5.87. The lowest BCUT2D eigenvalue weighted by molar-refractivity contribution is 0.375. The van der Waals surface area contributed by atoms with Gasteiger partial charge in [-0.1, -0.05) is 36.4 Å². The van der Waals surface area contributed by atoms with Crippen LogP contribution in [-0.2, 0) is 25.7 Å². The molecular weight excluding hydrogens is 416 g/mol. The first-order valence-electron chi connectivity index (χ1n) is 10.8. The molecule has 33 heavy (non-hydrogen) atoms. The SMILES string of the molecule is Oc1ccc(CCc2cccc(Oc3c(O)cc(CCc4cccc(O)c4)cc3O)c2)cc1. The predicted molar refractivity (Wildman–Crippen MR) is 127 cm³/mol. The highest BCUT2D eigenvalue weighted by Crippen LogP contribution is 2.40. The summed E-state index contributed by atoms with van der Waals surface area (Å²) in [4.78, 5) is 0. The van der Waals surface area contributed by atoms with E-state index in [4.69, 9.17) is 4.74 Å². The molecule has 0 aliphatic carbocycles. The lowest BCUT2D eigenvalue weighted by Gasteiger charge is -2.13. The third kappa shape index (κ3) is 5.98. The molecule has 0 aliphatic heterocycles. The van der Waals surface area contributed by atoms with Gasteiger partial charge in [0.2, 0.25) is 5.75 Å². The van der Waals surface area contributed by atoms with E-state index in [9.17, 15) is 20.4 Å². The lowest BCUT2D eigenvalue weighted by atomic mass is 10.0. The number of benzene rings is 4. The summed E-state index contributed by atoms with van der Waals surface area (Å²) in [5.41, 5.74) is 3.92. The zero-order valence-electron chi connectivity index (χ0n) is 18.1. The maximum atomic E-state index is 10.5. The third-order valence-electron chi connectivity index (χ3n) is 5.48. The number of hydrogen-bond donors (Lipinski definition) is 4. The minimum absolute atomic E-state index is 0.0202. The number of aryl methyl sites for hydroxylation is 4. The van der Waals surface area contributed by atoms with E-state index in [1.165, 1.54) is 0 Å². The van der Waals surface area contributed by atoms with E-state index >= 15 is 0 Å². The fourth-order valence-electron chi connectivity index (χ4n) is 3.74. The molecule has 0 unspecified atom stereocenters. The number of rotatable bonds is 8. The summed E-state index contributed by atoms with van der Waals surface area (Å²) in [5.74, 6) is 0.750. The van der Waals surface area contributed by atoms with Crippen LogP contribution in [0.2, 0.25) is 0 Å². The molecule has 0 radical (unpaired) electrons. The van der Waals surface area contributed by atoms with Crippen LogP contribution in [0, 0.1) is 0 Å². The second-order valence-corrected chi connectivity index (χ2v) is 8.05. The molecule has 0 heterocycles. The summed E-state index contributed by atoms with van der Waals surface area (Å²) in [6, 6.07) is 24.9. The lowest BCUT2D eigenvalue weighted by Crippen LogP contribution is -1.94. The Balaban J connectivity index is 1.41. The summed E-state index contributed by atoms with van der Waals surface area (Å²) in [6.45, 7) is 0. The molecule has 4 rings (SSSR count). The molecule has 4 aromatic carbocycles. The fourth-order valence-corrected chi connectivity index (χ4v) is 3.74. The zero-order valence-corrected chi connectivity index (χ0v) is 18.1. The Bertz CT molecular complexity index is 1210. The van der Waals surface area contributed by atoms with E-state index < -0.39 is 0 Å². The van der Waals surface area contributed by atoms with E-state index in [1.807, 2.05) is 36.4 Å². The standard InChI is InChI=1S/C28H26O5/c29-23-13-11-19(12-14-23)7-8-21-4-2-6-25(16-21)33-28-26(31)17-22(18-27(28)32)10-9-20-3-1-5-24(30)15-20/h1-6,11-18,29-32H,7-10H2. The zero-order chi connectivity index (χ0) is 23.2. The summed E-state index contributed by atoms with van der Waals surface area (Å²) in [6.07, 6.45) is 2.86. The van der Waals surface area contributed by atoms with Crippen LogP contribution >= 0.6 is 0 Å². The summed E-state index contributed by atoms with van der Waals surface area (Å²) in [7, 11) is 0. The molecule has 0 aliphatic rings. The van der Waals surface area contributed by atoms with E-state index in [0.29, 0.717) is 18.6 Å². The summed E-state index contributed by atoms with van der Waals surface area (Å²) >= 11 is 0. The van der Waals surface area contributed by atoms with Crippen molar-refractivity contribution < 1.29 is 25.2 Å². The van der Waals surface area contributed by atoms with E-state index in [0.717, 1.165) is 35.1 Å². The molecule has 4 N–H and O–H groups in total. The summed E-state index contributed by atoms with van der Waals surface area (Å²) < 4.78 is 5.82. The topological polar surface area (TPSA) is 90.2 Å². The van der Waals surface area contributed by atoms with Crippen molar-refractivity contribution >= 4 is 0 Å². The van der Waals surface area contributed by atoms with Crippen LogP contribution in [0.4, 0.5) is 0 Å². The van der Waals surface area contributed by atoms with E-state index in [-0.39, 0.29) is 28.7 Å². The number of aromatic hydroxyl groups is 4. The van der Waals surface area contributed by atoms with Crippen LogP contribution in [0.15, 0.2) is 84.9 Å². The Labute approximate surface area is 192 Å². The molecule has 168 valence electrons. The van der Waals surface area contributed by atoms with Crippen LogP contribution in [0.1, 0.15) is 22.3 Å². The Kier molecular flexibility index (Phi) is 6.69. The van der Waals surface area contributed by atoms with Gasteiger partial charge in [0.25, 0.3) is 0 Å². The smallest absolute Gasteiger partial charge is 0.210 e. The molecule has 0 spiro atoms. The molecule has 0 bridgehead atoms. The van der Waals surface area contributed by atoms with Gasteiger partial charge in [-0.05, 0) is 96.5 Å². The van der Waals surface area contributed by atoms with Crippen molar-refractivity contribution in [2.24, 2.45) is 0 Å². The Morgan fingerprint density at radius 1 is 0.485 bits per heavy atom. The molecule has 0 atom stereocenters. The van der Waals surface area contributed by atoms with Crippen LogP contribution in [-0.4, -0.2) is 20.4 Å². The van der Waals surface area contributed by atoms with Gasteiger partial charge in [-0.15, -0.1) is 0 Å². The van der Waals surface area contributed by atoms with Gasteiger partial charge in [-0.2, -0.15) is 0 Å². The van der Waals surface area contributed by atoms with Gasteiger partial charge in [0.05, 0.1) is 0 Å². The van der Waals surface area contributed by atoms with Crippen LogP contribution in [0.3, 0.4) is 0 Å². The van der Waals surface area contributed by atoms with Gasteiger partial charge in [-0.25, -0.2) is 0 Å². The molecule has 0 saturated carbocycles. The van der Waals surface area contributed by atoms with Crippen LogP contribution < -0.4 is 4.74 Å². The van der Waals surface area contributed by atoms with Crippen LogP contribution in [0.25, 0.3) is 0 Å². The van der Waals surface area contributed by atoms with Gasteiger partial charge in [0.15, 0.2) is 11.5 Å². The van der Waals surface area contributed by atoms with Crippen molar-refractivity contribution in [3.8, 4) is 34.5 Å². The quantitative estimate of drug-likeness (QED) is 0.274. The van der Waals surface area contributed by atoms with Gasteiger partial charge >= 0.3 is 0 Å². The largest absolute Gasteiger partial charge is 0.508 e. The average molecular weight is 443 g/mol. The number of phenols is 4. The highest BCUT2D eigenvalue weighted by molar-refractivity contribution is 5.54. The minimum atomic E-state index is -0.129. The van der Waals surface area contributed by atoms with E-state index in [1.54, 1.807) is 48.5 Å². The molecule has 5 heteroatoms. The van der Waals surface area contributed by atoms with Crippen molar-refractivity contribution in [2.75, 3.05) is 0 Å². The number of hydrogen-bond acceptors (Lipinski definition) is 5. The summed E-state index contributed by atoms with van der Waals surface area (Å²) in [5, 5.41) is 39.9. The highest BCUT2D eigenvalue weighted by Gasteiger charge is 2.13. The third-order valence-corrected chi connectivity index (χ3v) is 5.48. The van der Waals surface area contributed by atoms with Gasteiger partial charge in [0.1, 0.15) is 17.2 Å². The van der Waals surface area contributed by atoms with E-state index in [2.05, 4.69) is 0 Å². The van der Waals surface area contributed by atoms with Gasteiger partial charge in [0, 0.05) is 0 Å². The molecular formula is C28H26O5. The highest BCUT2D eigenvalue weighted by atomic mass is 16.5. The monoisotopic (exact) mass is 442 g/mol. The van der Waals surface area contributed by atoms with Gasteiger partial charge in [-0.3, -0.25) is 0 Å². The molecule has 0 aromatic heterocycles. The van der Waals surface area contributed by atoms with Crippen molar-refractivity contribution in [2.45, 2.75) is 25.7 Å². The van der Waals surface area contributed by atoms with Gasteiger partial charge < -0.3 is 25.2 Å². The minimum Gasteiger partial charge on any atom is -0.508 e. The molecule has 0 fully saturated rings. The van der Waals surface area contributed by atoms with Crippen molar-refractivity contribution in [1.29, 1.82) is 0 Å². The molecule has 0 saturated heterocycles. The maximum Gasteiger partial charge on any atom is 0.210 e. The second kappa shape index (κ2) is 10.0. The first-order chi connectivity index (χ1) is 16.0. The first-order valence-corrected chi connectivity index (χ1v) is 10.8. The molecule has 4 aromatic rings. The molecule has 0 amide bonds. The van der Waals surface area contributed by atoms with Crippen molar-refractivity contribution in [3.05, 3.63) is 107 Å². The Morgan fingerprint density at radius 2 is 1.06 bits per heavy atom. The fraction of sp³-hybridized carbons (Fsp3) is 0.143. The molecule has 5 nitrogen and oxygen atoms in total.